The van der Waals surface area contributed by atoms with Gasteiger partial charge in [-0.2, -0.15) is 0 Å². The lowest BCUT2D eigenvalue weighted by molar-refractivity contribution is -0.120. The van der Waals surface area contributed by atoms with Gasteiger partial charge in [0.05, 0.1) is 12.5 Å². The van der Waals surface area contributed by atoms with Crippen molar-refractivity contribution in [3.8, 4) is 0 Å². The van der Waals surface area contributed by atoms with Gasteiger partial charge < -0.3 is 15.7 Å². The van der Waals surface area contributed by atoms with Crippen LogP contribution in [0.15, 0.2) is 24.3 Å². The lowest BCUT2D eigenvalue weighted by Crippen LogP contribution is -2.27. The summed E-state index contributed by atoms with van der Waals surface area (Å²) in [6, 6.07) is 7.29. The van der Waals surface area contributed by atoms with E-state index in [-0.39, 0.29) is 18.4 Å². The topological polar surface area (TPSA) is 61.4 Å². The Bertz CT molecular complexity index is 406. The van der Waals surface area contributed by atoms with Crippen molar-refractivity contribution in [3.63, 3.8) is 0 Å². The summed E-state index contributed by atoms with van der Waals surface area (Å²) in [5, 5.41) is 15.1. The fourth-order valence-corrected chi connectivity index (χ4v) is 2.14. The second-order valence-electron chi connectivity index (χ2n) is 4.59. The van der Waals surface area contributed by atoms with Gasteiger partial charge in [-0.1, -0.05) is 19.1 Å². The molecule has 1 saturated heterocycles. The Balaban J connectivity index is 2.02. The molecule has 1 heterocycles. The van der Waals surface area contributed by atoms with Gasteiger partial charge in [-0.3, -0.25) is 4.79 Å². The van der Waals surface area contributed by atoms with E-state index in [2.05, 4.69) is 17.6 Å². The number of aliphatic hydroxyl groups is 1. The number of benzene rings is 1. The van der Waals surface area contributed by atoms with Crippen LogP contribution in [0.5, 0.6) is 0 Å². The third-order valence-electron chi connectivity index (χ3n) is 3.23. The van der Waals surface area contributed by atoms with Gasteiger partial charge in [0.25, 0.3) is 0 Å². The maximum Gasteiger partial charge on any atom is 0.229 e. The zero-order chi connectivity index (χ0) is 12.3. The zero-order valence-corrected chi connectivity index (χ0v) is 9.94. The molecule has 92 valence electrons. The highest BCUT2D eigenvalue weighted by Crippen LogP contribution is 2.19. The van der Waals surface area contributed by atoms with Crippen molar-refractivity contribution in [3.05, 3.63) is 29.8 Å². The normalized spacial score (nSPS) is 23.6. The number of amides is 1. The molecule has 0 unspecified atom stereocenters. The fraction of sp³-hybridized carbons (Fsp3) is 0.462. The molecule has 1 aromatic carbocycles. The Morgan fingerprint density at radius 3 is 3.00 bits per heavy atom. The first-order valence-electron chi connectivity index (χ1n) is 5.92. The molecule has 1 aromatic rings. The first-order chi connectivity index (χ1) is 8.20. The Labute approximate surface area is 101 Å². The maximum absolute atomic E-state index is 12.0. The summed E-state index contributed by atoms with van der Waals surface area (Å²) in [4.78, 5) is 12.0. The van der Waals surface area contributed by atoms with E-state index in [9.17, 15) is 4.79 Å². The molecular weight excluding hydrogens is 216 g/mol. The molecule has 3 N–H and O–H groups in total. The minimum atomic E-state index is -0.00883. The van der Waals surface area contributed by atoms with Gasteiger partial charge in [-0.25, -0.2) is 0 Å². The molecule has 0 aliphatic carbocycles. The highest BCUT2D eigenvalue weighted by Gasteiger charge is 2.29. The maximum atomic E-state index is 12.0. The largest absolute Gasteiger partial charge is 0.392 e. The Morgan fingerprint density at radius 2 is 2.35 bits per heavy atom. The molecule has 1 aliphatic heterocycles. The minimum Gasteiger partial charge on any atom is -0.392 e. The number of anilines is 1. The SMILES string of the molecule is C[C@@H]1CNC[C@H]1C(=O)Nc1cccc(CO)c1. The van der Waals surface area contributed by atoms with Crippen molar-refractivity contribution in [2.45, 2.75) is 13.5 Å². The Hall–Kier alpha value is -1.39. The number of hydrogen-bond donors (Lipinski definition) is 3. The van der Waals surface area contributed by atoms with E-state index in [1.54, 1.807) is 6.07 Å². The van der Waals surface area contributed by atoms with Crippen LogP contribution in [0.25, 0.3) is 0 Å². The summed E-state index contributed by atoms with van der Waals surface area (Å²) in [6.07, 6.45) is 0. The van der Waals surface area contributed by atoms with Crippen LogP contribution in [0.2, 0.25) is 0 Å². The number of carbonyl (C=O) groups is 1. The first-order valence-corrected chi connectivity index (χ1v) is 5.92. The zero-order valence-electron chi connectivity index (χ0n) is 9.94. The van der Waals surface area contributed by atoms with Gasteiger partial charge >= 0.3 is 0 Å². The van der Waals surface area contributed by atoms with Crippen molar-refractivity contribution in [2.24, 2.45) is 11.8 Å². The third-order valence-corrected chi connectivity index (χ3v) is 3.23. The van der Waals surface area contributed by atoms with E-state index in [0.29, 0.717) is 5.92 Å². The predicted molar refractivity (Wildman–Crippen MR) is 66.5 cm³/mol. The molecule has 2 rings (SSSR count). The van der Waals surface area contributed by atoms with E-state index in [1.807, 2.05) is 18.2 Å². The number of nitrogens with one attached hydrogen (secondary N) is 2. The van der Waals surface area contributed by atoms with Crippen LogP contribution in [0.4, 0.5) is 5.69 Å². The van der Waals surface area contributed by atoms with Crippen LogP contribution in [0, 0.1) is 11.8 Å². The molecular formula is C13H18N2O2. The van der Waals surface area contributed by atoms with E-state index in [0.717, 1.165) is 24.3 Å². The monoisotopic (exact) mass is 234 g/mol. The van der Waals surface area contributed by atoms with Crippen molar-refractivity contribution in [1.82, 2.24) is 5.32 Å². The van der Waals surface area contributed by atoms with Gasteiger partial charge in [0, 0.05) is 12.2 Å². The molecule has 1 amide bonds. The van der Waals surface area contributed by atoms with Crippen LogP contribution < -0.4 is 10.6 Å². The van der Waals surface area contributed by atoms with Crippen LogP contribution in [-0.4, -0.2) is 24.1 Å². The summed E-state index contributed by atoms with van der Waals surface area (Å²) in [6.45, 7) is 3.71. The summed E-state index contributed by atoms with van der Waals surface area (Å²) >= 11 is 0. The molecule has 2 atom stereocenters. The molecule has 0 spiro atoms. The molecule has 0 aromatic heterocycles. The number of carbonyl (C=O) groups excluding carboxylic acids is 1. The van der Waals surface area contributed by atoms with E-state index in [1.165, 1.54) is 0 Å². The van der Waals surface area contributed by atoms with E-state index in [4.69, 9.17) is 5.11 Å². The van der Waals surface area contributed by atoms with E-state index >= 15 is 0 Å². The van der Waals surface area contributed by atoms with Crippen molar-refractivity contribution in [2.75, 3.05) is 18.4 Å². The average Bonchev–Trinajstić information content (AvgIpc) is 2.76. The second-order valence-corrected chi connectivity index (χ2v) is 4.59. The highest BCUT2D eigenvalue weighted by atomic mass is 16.3. The summed E-state index contributed by atoms with van der Waals surface area (Å²) in [5.41, 5.74) is 1.56. The van der Waals surface area contributed by atoms with Gasteiger partial charge in [0.1, 0.15) is 0 Å². The minimum absolute atomic E-state index is 0.00883. The highest BCUT2D eigenvalue weighted by molar-refractivity contribution is 5.93. The van der Waals surface area contributed by atoms with Crippen molar-refractivity contribution in [1.29, 1.82) is 0 Å². The Morgan fingerprint density at radius 1 is 1.53 bits per heavy atom. The molecule has 0 radical (unpaired) electrons. The first kappa shape index (κ1) is 12.1. The molecule has 1 aliphatic rings. The summed E-state index contributed by atoms with van der Waals surface area (Å²) in [7, 11) is 0. The number of rotatable bonds is 3. The molecule has 1 fully saturated rings. The Kier molecular flexibility index (Phi) is 3.76. The molecule has 0 saturated carbocycles. The second kappa shape index (κ2) is 5.29. The van der Waals surface area contributed by atoms with Crippen LogP contribution in [-0.2, 0) is 11.4 Å². The van der Waals surface area contributed by atoms with Crippen molar-refractivity contribution >= 4 is 11.6 Å². The average molecular weight is 234 g/mol. The molecule has 4 nitrogen and oxygen atoms in total. The van der Waals surface area contributed by atoms with Gasteiger partial charge in [-0.15, -0.1) is 0 Å². The van der Waals surface area contributed by atoms with E-state index < -0.39 is 0 Å². The van der Waals surface area contributed by atoms with Crippen LogP contribution in [0.1, 0.15) is 12.5 Å². The summed E-state index contributed by atoms with van der Waals surface area (Å²) < 4.78 is 0. The predicted octanol–water partition coefficient (Wildman–Crippen LogP) is 0.973. The molecule has 4 heteroatoms. The van der Waals surface area contributed by atoms with Crippen LogP contribution >= 0.6 is 0 Å². The lowest BCUT2D eigenvalue weighted by atomic mass is 9.97. The smallest absolute Gasteiger partial charge is 0.229 e. The standard InChI is InChI=1S/C13H18N2O2/c1-9-6-14-7-12(9)13(17)15-11-4-2-3-10(5-11)8-16/h2-5,9,12,14,16H,6-8H2,1H3,(H,15,17)/t9-,12-/m1/s1. The van der Waals surface area contributed by atoms with Gasteiger partial charge in [-0.05, 0) is 30.2 Å². The lowest BCUT2D eigenvalue weighted by Gasteiger charge is -2.14. The quantitative estimate of drug-likeness (QED) is 0.730. The third kappa shape index (κ3) is 2.84. The summed E-state index contributed by atoms with van der Waals surface area (Å²) in [5.74, 6) is 0.460. The fourth-order valence-electron chi connectivity index (χ4n) is 2.14. The molecule has 0 bridgehead atoms. The number of aliphatic hydroxyl groups excluding tert-OH is 1. The van der Waals surface area contributed by atoms with Crippen LogP contribution in [0.3, 0.4) is 0 Å². The number of hydrogen-bond acceptors (Lipinski definition) is 3. The molecule has 17 heavy (non-hydrogen) atoms. The van der Waals surface area contributed by atoms with Gasteiger partial charge in [0.15, 0.2) is 0 Å². The van der Waals surface area contributed by atoms with Gasteiger partial charge in [0.2, 0.25) is 5.91 Å². The van der Waals surface area contributed by atoms with Crippen molar-refractivity contribution < 1.29 is 9.90 Å².